The van der Waals surface area contributed by atoms with E-state index in [1.807, 2.05) is 0 Å². The number of nitrogens with one attached hydrogen (secondary N) is 1. The zero-order valence-electron chi connectivity index (χ0n) is 21.9. The number of ketones is 1. The number of benzene rings is 2. The van der Waals surface area contributed by atoms with Crippen LogP contribution < -0.4 is 24.3 Å². The minimum atomic E-state index is -3.75. The van der Waals surface area contributed by atoms with Crippen LogP contribution in [0, 0.1) is 0 Å². The van der Waals surface area contributed by atoms with Crippen LogP contribution in [0.1, 0.15) is 36.8 Å². The number of amides is 1. The molecule has 0 unspecified atom stereocenters. The monoisotopic (exact) mass is 547 g/mol. The van der Waals surface area contributed by atoms with E-state index in [0.717, 1.165) is 5.41 Å². The van der Waals surface area contributed by atoms with Crippen molar-refractivity contribution in [3.05, 3.63) is 59.2 Å². The zero-order valence-corrected chi connectivity index (χ0v) is 22.7. The number of aliphatic hydroxyl groups is 1. The molecule has 10 nitrogen and oxygen atoms in total. The zero-order chi connectivity index (χ0) is 28.3. The van der Waals surface area contributed by atoms with Gasteiger partial charge in [0.05, 0.1) is 51.2 Å². The van der Waals surface area contributed by atoms with Crippen LogP contribution in [-0.2, 0) is 25.2 Å². The van der Waals surface area contributed by atoms with Crippen LogP contribution in [-0.4, -0.2) is 53.7 Å². The van der Waals surface area contributed by atoms with Crippen LogP contribution in [0.5, 0.6) is 23.0 Å². The van der Waals surface area contributed by atoms with E-state index in [2.05, 4.69) is 11.9 Å². The summed E-state index contributed by atoms with van der Waals surface area (Å²) in [5, 5.41) is 12.8. The van der Waals surface area contributed by atoms with Crippen molar-refractivity contribution in [3.8, 4) is 23.0 Å². The first kappa shape index (κ1) is 30.2. The first-order chi connectivity index (χ1) is 18.0. The summed E-state index contributed by atoms with van der Waals surface area (Å²) < 4.78 is 47.0. The molecule has 1 amide bonds. The third-order valence-corrected chi connectivity index (χ3v) is 6.71. The minimum absolute atomic E-state index is 0.00141. The van der Waals surface area contributed by atoms with Gasteiger partial charge in [-0.1, -0.05) is 12.6 Å². The van der Waals surface area contributed by atoms with Gasteiger partial charge in [-0.25, -0.2) is 8.42 Å². The van der Waals surface area contributed by atoms with E-state index in [0.29, 0.717) is 34.1 Å². The first-order valence-corrected chi connectivity index (χ1v) is 13.3. The maximum absolute atomic E-state index is 12.9. The molecule has 0 radical (unpaired) electrons. The number of rotatable bonds is 15. The number of hydrogen-bond donors (Lipinski definition) is 2. The average Bonchev–Trinajstić information content (AvgIpc) is 2.88. The number of anilines is 1. The quantitative estimate of drug-likeness (QED) is 0.310. The lowest BCUT2D eigenvalue weighted by atomic mass is 10.1. The highest BCUT2D eigenvalue weighted by molar-refractivity contribution is 7.93. The van der Waals surface area contributed by atoms with Gasteiger partial charge in [-0.3, -0.25) is 9.59 Å². The third-order valence-electron chi connectivity index (χ3n) is 5.42. The van der Waals surface area contributed by atoms with E-state index in [1.165, 1.54) is 40.6 Å². The fraction of sp³-hybridized carbons (Fsp3) is 0.333. The van der Waals surface area contributed by atoms with Gasteiger partial charge in [0.15, 0.2) is 9.84 Å². The molecule has 0 aliphatic rings. The summed E-state index contributed by atoms with van der Waals surface area (Å²) in [5.74, 6) is 0.538. The molecular formula is C27H33NO9S. The molecular weight excluding hydrogens is 514 g/mol. The van der Waals surface area contributed by atoms with Gasteiger partial charge in [0.2, 0.25) is 5.91 Å². The van der Waals surface area contributed by atoms with Crippen molar-refractivity contribution in [3.63, 3.8) is 0 Å². The van der Waals surface area contributed by atoms with Crippen LogP contribution in [0.3, 0.4) is 0 Å². The second kappa shape index (κ2) is 14.1. The second-order valence-electron chi connectivity index (χ2n) is 8.24. The van der Waals surface area contributed by atoms with Crippen molar-refractivity contribution in [2.24, 2.45) is 0 Å². The maximum Gasteiger partial charge on any atom is 0.224 e. The molecule has 0 saturated carbocycles. The van der Waals surface area contributed by atoms with Crippen LogP contribution in [0.25, 0.3) is 6.08 Å². The fourth-order valence-electron chi connectivity index (χ4n) is 3.47. The van der Waals surface area contributed by atoms with Gasteiger partial charge in [0.1, 0.15) is 28.8 Å². The molecule has 0 aliphatic heterocycles. The smallest absolute Gasteiger partial charge is 0.224 e. The molecule has 206 valence electrons. The Morgan fingerprint density at radius 2 is 1.50 bits per heavy atom. The van der Waals surface area contributed by atoms with Gasteiger partial charge in [-0.05, 0) is 23.8 Å². The summed E-state index contributed by atoms with van der Waals surface area (Å²) in [4.78, 5) is 24.3. The van der Waals surface area contributed by atoms with Crippen LogP contribution in [0.2, 0.25) is 0 Å². The number of carbonyl (C=O) groups excluding carboxylic acids is 2. The van der Waals surface area contributed by atoms with Gasteiger partial charge in [0.25, 0.3) is 0 Å². The third kappa shape index (κ3) is 9.15. The SMILES string of the molecule is C=C(O)CCC(=O)CCC(=O)Nc1cc(CS(=O)(=O)/C=C/c2c(OC)cc(OC)cc2OC)ccc1OC. The number of methoxy groups -OCH3 is 4. The lowest BCUT2D eigenvalue weighted by Crippen LogP contribution is -2.14. The number of carbonyl (C=O) groups is 2. The predicted octanol–water partition coefficient (Wildman–Crippen LogP) is 4.45. The number of Topliss-reactive ketones (excluding diaryl/α,β-unsaturated/α-hetero) is 1. The van der Waals surface area contributed by atoms with Crippen molar-refractivity contribution >= 4 is 33.3 Å². The Balaban J connectivity index is 2.17. The Bertz CT molecular complexity index is 1270. The average molecular weight is 548 g/mol. The molecule has 2 aromatic carbocycles. The van der Waals surface area contributed by atoms with Gasteiger partial charge in [-0.2, -0.15) is 0 Å². The summed E-state index contributed by atoms with van der Waals surface area (Å²) in [6.45, 7) is 3.33. The normalized spacial score (nSPS) is 11.2. The summed E-state index contributed by atoms with van der Waals surface area (Å²) in [6.07, 6.45) is 1.56. The van der Waals surface area contributed by atoms with Crippen LogP contribution in [0.15, 0.2) is 48.1 Å². The highest BCUT2D eigenvalue weighted by atomic mass is 32.2. The summed E-state index contributed by atoms with van der Waals surface area (Å²) in [5.41, 5.74) is 1.13. The molecule has 11 heteroatoms. The number of sulfone groups is 1. The van der Waals surface area contributed by atoms with Crippen molar-refractivity contribution in [2.75, 3.05) is 33.8 Å². The summed E-state index contributed by atoms with van der Waals surface area (Å²) in [6, 6.07) is 7.87. The molecule has 2 aromatic rings. The molecule has 0 heterocycles. The van der Waals surface area contributed by atoms with Gasteiger partial charge in [-0.15, -0.1) is 0 Å². The Labute approximate surface area is 222 Å². The largest absolute Gasteiger partial charge is 0.513 e. The molecule has 0 atom stereocenters. The Morgan fingerprint density at radius 3 is 2.05 bits per heavy atom. The number of hydrogen-bond acceptors (Lipinski definition) is 9. The van der Waals surface area contributed by atoms with Crippen molar-refractivity contribution in [1.29, 1.82) is 0 Å². The van der Waals surface area contributed by atoms with E-state index in [-0.39, 0.29) is 48.7 Å². The van der Waals surface area contributed by atoms with Gasteiger partial charge < -0.3 is 29.4 Å². The molecule has 0 aliphatic carbocycles. The van der Waals surface area contributed by atoms with E-state index in [1.54, 1.807) is 24.3 Å². The molecule has 0 spiro atoms. The molecule has 38 heavy (non-hydrogen) atoms. The summed E-state index contributed by atoms with van der Waals surface area (Å²) >= 11 is 0. The highest BCUT2D eigenvalue weighted by Crippen LogP contribution is 2.35. The summed E-state index contributed by atoms with van der Waals surface area (Å²) in [7, 11) is 2.08. The number of ether oxygens (including phenoxy) is 4. The lowest BCUT2D eigenvalue weighted by molar-refractivity contribution is -0.123. The Morgan fingerprint density at radius 1 is 0.895 bits per heavy atom. The minimum Gasteiger partial charge on any atom is -0.513 e. The lowest BCUT2D eigenvalue weighted by Gasteiger charge is -2.13. The van der Waals surface area contributed by atoms with Crippen LogP contribution in [0.4, 0.5) is 5.69 Å². The molecule has 0 fully saturated rings. The van der Waals surface area contributed by atoms with Gasteiger partial charge >= 0.3 is 0 Å². The van der Waals surface area contributed by atoms with Crippen molar-refractivity contribution in [2.45, 2.75) is 31.4 Å². The molecule has 0 bridgehead atoms. The van der Waals surface area contributed by atoms with Crippen LogP contribution >= 0.6 is 0 Å². The van der Waals surface area contributed by atoms with E-state index in [9.17, 15) is 18.0 Å². The maximum atomic E-state index is 12.9. The molecule has 2 N–H and O–H groups in total. The predicted molar refractivity (Wildman–Crippen MR) is 145 cm³/mol. The van der Waals surface area contributed by atoms with E-state index >= 15 is 0 Å². The topological polar surface area (TPSA) is 137 Å². The fourth-order valence-corrected chi connectivity index (χ4v) is 4.55. The molecule has 2 rings (SSSR count). The van der Waals surface area contributed by atoms with Crippen molar-refractivity contribution in [1.82, 2.24) is 0 Å². The Kier molecular flexibility index (Phi) is 11.2. The highest BCUT2D eigenvalue weighted by Gasteiger charge is 2.16. The van der Waals surface area contributed by atoms with Crippen molar-refractivity contribution < 1.29 is 42.1 Å². The van der Waals surface area contributed by atoms with Gasteiger partial charge in [0, 0.05) is 43.2 Å². The number of aliphatic hydroxyl groups excluding tert-OH is 1. The standard InChI is InChI=1S/C27H33NO9S/c1-18(29)6-8-20(30)9-11-27(31)28-23-14-19(7-10-24(23)35-3)17-38(32,33)13-12-22-25(36-4)15-21(34-2)16-26(22)37-5/h7,10,12-16,29H,1,6,8-9,11,17H2,2-5H3,(H,28,31)/b13-12+. The molecule has 0 aromatic heterocycles. The van der Waals surface area contributed by atoms with E-state index < -0.39 is 15.7 Å². The number of allylic oxidation sites excluding steroid dienone is 1. The van der Waals surface area contributed by atoms with E-state index in [4.69, 9.17) is 24.1 Å². The molecule has 0 saturated heterocycles. The second-order valence-corrected chi connectivity index (χ2v) is 10.1. The first-order valence-electron chi connectivity index (χ1n) is 11.6. The Hall–Kier alpha value is -3.99.